The van der Waals surface area contributed by atoms with Crippen LogP contribution in [-0.4, -0.2) is 18.7 Å². The van der Waals surface area contributed by atoms with E-state index in [2.05, 4.69) is 6.92 Å². The summed E-state index contributed by atoms with van der Waals surface area (Å²) in [6, 6.07) is 0. The fraction of sp³-hybridized carbons (Fsp3) is 1.00. The molecule has 0 aliphatic heterocycles. The van der Waals surface area contributed by atoms with Crippen LogP contribution >= 0.6 is 0 Å². The van der Waals surface area contributed by atoms with Gasteiger partial charge in [-0.1, -0.05) is 122 Å². The van der Waals surface area contributed by atoms with Crippen molar-refractivity contribution in [3.63, 3.8) is 0 Å². The topological polar surface area (TPSA) is 57.2 Å². The maximum absolute atomic E-state index is 10.5. The summed E-state index contributed by atoms with van der Waals surface area (Å²) in [6.45, 7) is 2.27. The first-order valence-corrected chi connectivity index (χ1v) is 12.6. The van der Waals surface area contributed by atoms with E-state index < -0.39 is 10.1 Å². The van der Waals surface area contributed by atoms with Gasteiger partial charge in [0.05, 0.1) is 10.1 Å². The van der Waals surface area contributed by atoms with Crippen molar-refractivity contribution < 1.29 is 31.8 Å². The van der Waals surface area contributed by atoms with Gasteiger partial charge in [-0.25, -0.2) is 8.42 Å². The molecular weight excluding hydrogens is 339 g/mol. The Kier molecular flexibility index (Phi) is 24.1. The first-order valence-electron chi connectivity index (χ1n) is 11.0. The van der Waals surface area contributed by atoms with Crippen molar-refractivity contribution in [2.24, 2.45) is 0 Å². The number of hydrogen-bond acceptors (Lipinski definition) is 3. The normalized spacial score (nSPS) is 11.5. The van der Waals surface area contributed by atoms with Gasteiger partial charge >= 0.3 is 18.9 Å². The molecule has 0 aliphatic carbocycles. The Balaban J connectivity index is 0. The Morgan fingerprint density at radius 2 is 0.731 bits per heavy atom. The molecule has 0 amide bonds. The number of hydrogen-bond donors (Lipinski definition) is 0. The number of unbranched alkanes of at least 4 members (excludes halogenated alkanes) is 18. The van der Waals surface area contributed by atoms with Crippen molar-refractivity contribution in [2.75, 3.05) is 5.75 Å². The van der Waals surface area contributed by atoms with Gasteiger partial charge in [-0.3, -0.25) is 0 Å². The molecule has 0 unspecified atom stereocenters. The molecule has 0 radical (unpaired) electrons. The molecule has 0 saturated heterocycles. The van der Waals surface area contributed by atoms with Crippen LogP contribution in [0.5, 0.6) is 0 Å². The smallest absolute Gasteiger partial charge is 0.748 e. The van der Waals surface area contributed by atoms with Crippen molar-refractivity contribution in [2.45, 2.75) is 129 Å². The second kappa shape index (κ2) is 21.8. The number of rotatable bonds is 20. The van der Waals surface area contributed by atoms with Gasteiger partial charge in [0.25, 0.3) is 0 Å². The zero-order valence-electron chi connectivity index (χ0n) is 17.8. The Labute approximate surface area is 176 Å². The maximum Gasteiger partial charge on any atom is 1.00 e. The van der Waals surface area contributed by atoms with Crippen molar-refractivity contribution in [3.05, 3.63) is 0 Å². The molecule has 0 bridgehead atoms. The fourth-order valence-electron chi connectivity index (χ4n) is 3.36. The van der Waals surface area contributed by atoms with Crippen LogP contribution in [0.15, 0.2) is 0 Å². The summed E-state index contributed by atoms with van der Waals surface area (Å²) in [7, 11) is -4.00. The molecule has 26 heavy (non-hydrogen) atoms. The predicted molar refractivity (Wildman–Crippen MR) is 108 cm³/mol. The van der Waals surface area contributed by atoms with Crippen LogP contribution in [0.25, 0.3) is 0 Å². The molecule has 0 aliphatic rings. The minimum Gasteiger partial charge on any atom is -0.748 e. The van der Waals surface area contributed by atoms with Crippen LogP contribution in [0.3, 0.4) is 0 Å². The van der Waals surface area contributed by atoms with Crippen molar-refractivity contribution >= 4 is 10.1 Å². The zero-order chi connectivity index (χ0) is 18.6. The molecule has 0 atom stereocenters. The minimum absolute atomic E-state index is 0. The van der Waals surface area contributed by atoms with E-state index in [0.717, 1.165) is 12.8 Å². The van der Waals surface area contributed by atoms with E-state index in [1.54, 1.807) is 0 Å². The van der Waals surface area contributed by atoms with Gasteiger partial charge in [-0.2, -0.15) is 0 Å². The van der Waals surface area contributed by atoms with E-state index in [4.69, 9.17) is 0 Å². The Hall–Kier alpha value is 0.507. The van der Waals surface area contributed by atoms with Gasteiger partial charge in [-0.05, 0) is 6.42 Å². The van der Waals surface area contributed by atoms with Gasteiger partial charge in [0.1, 0.15) is 0 Å². The van der Waals surface area contributed by atoms with Crippen LogP contribution in [0.2, 0.25) is 0 Å². The summed E-state index contributed by atoms with van der Waals surface area (Å²) >= 11 is 0. The van der Waals surface area contributed by atoms with Gasteiger partial charge in [0.2, 0.25) is 0 Å². The van der Waals surface area contributed by atoms with E-state index in [-0.39, 0.29) is 24.6 Å². The molecular formula is C21H43LiO3S. The van der Waals surface area contributed by atoms with Crippen LogP contribution in [-0.2, 0) is 10.1 Å². The third-order valence-corrected chi connectivity index (χ3v) is 5.79. The summed E-state index contributed by atoms with van der Waals surface area (Å²) in [5.74, 6) is -0.189. The fourth-order valence-corrected chi connectivity index (χ4v) is 3.91. The second-order valence-electron chi connectivity index (χ2n) is 7.63. The van der Waals surface area contributed by atoms with Crippen LogP contribution in [0.4, 0.5) is 0 Å². The Bertz CT molecular complexity index is 358. The summed E-state index contributed by atoms with van der Waals surface area (Å²) in [5.41, 5.74) is 0. The molecule has 3 nitrogen and oxygen atoms in total. The molecule has 0 saturated carbocycles. The van der Waals surface area contributed by atoms with Gasteiger partial charge < -0.3 is 4.55 Å². The molecule has 0 rings (SSSR count). The van der Waals surface area contributed by atoms with Gasteiger partial charge in [0.15, 0.2) is 0 Å². The molecule has 0 aromatic heterocycles. The van der Waals surface area contributed by atoms with E-state index in [1.165, 1.54) is 103 Å². The standard InChI is InChI=1S/C21H44O3S.Li/c1-2-3-4-5-6-7-8-9-10-11-12-13-14-15-16-17-18-19-20-21-25(22,23)24;/h2-21H2,1H3,(H,22,23,24);/q;+1/p-1. The van der Waals surface area contributed by atoms with Crippen molar-refractivity contribution in [3.8, 4) is 0 Å². The van der Waals surface area contributed by atoms with Crippen molar-refractivity contribution in [1.82, 2.24) is 0 Å². The molecule has 0 N–H and O–H groups in total. The molecule has 0 aromatic carbocycles. The van der Waals surface area contributed by atoms with E-state index in [1.807, 2.05) is 0 Å². The maximum atomic E-state index is 10.5. The SMILES string of the molecule is CCCCCCCCCCCCCCCCCCCCCS(=O)(=O)[O-].[Li+]. The zero-order valence-corrected chi connectivity index (χ0v) is 18.6. The van der Waals surface area contributed by atoms with Crippen LogP contribution < -0.4 is 18.9 Å². The molecule has 0 spiro atoms. The third-order valence-electron chi connectivity index (χ3n) is 5.00. The molecule has 0 heterocycles. The molecule has 152 valence electrons. The predicted octanol–water partition coefficient (Wildman–Crippen LogP) is 3.97. The first-order chi connectivity index (χ1) is 12.1. The van der Waals surface area contributed by atoms with Gasteiger partial charge in [0, 0.05) is 5.75 Å². The average molecular weight is 383 g/mol. The summed E-state index contributed by atoms with van der Waals surface area (Å²) < 4.78 is 31.4. The minimum atomic E-state index is -4.00. The van der Waals surface area contributed by atoms with Crippen LogP contribution in [0, 0.1) is 0 Å². The molecule has 0 aromatic rings. The summed E-state index contributed by atoms with van der Waals surface area (Å²) in [6.07, 6.45) is 24.5. The summed E-state index contributed by atoms with van der Waals surface area (Å²) in [5, 5.41) is 0. The second-order valence-corrected chi connectivity index (χ2v) is 9.15. The molecule has 0 fully saturated rings. The van der Waals surface area contributed by atoms with Gasteiger partial charge in [-0.15, -0.1) is 0 Å². The average Bonchev–Trinajstić information content (AvgIpc) is 2.56. The van der Waals surface area contributed by atoms with Crippen molar-refractivity contribution in [1.29, 1.82) is 0 Å². The Morgan fingerprint density at radius 1 is 0.500 bits per heavy atom. The summed E-state index contributed by atoms with van der Waals surface area (Å²) in [4.78, 5) is 0. The van der Waals surface area contributed by atoms with E-state index >= 15 is 0 Å². The first kappa shape index (κ1) is 28.7. The monoisotopic (exact) mass is 382 g/mol. The molecule has 5 heteroatoms. The quantitative estimate of drug-likeness (QED) is 0.182. The van der Waals surface area contributed by atoms with E-state index in [0.29, 0.717) is 6.42 Å². The largest absolute Gasteiger partial charge is 1.00 e. The van der Waals surface area contributed by atoms with Crippen LogP contribution in [0.1, 0.15) is 129 Å². The van der Waals surface area contributed by atoms with E-state index in [9.17, 15) is 13.0 Å². The Morgan fingerprint density at radius 3 is 0.962 bits per heavy atom. The third kappa shape index (κ3) is 26.7.